The van der Waals surface area contributed by atoms with Gasteiger partial charge in [0.15, 0.2) is 0 Å². The van der Waals surface area contributed by atoms with Gasteiger partial charge in [0.25, 0.3) is 0 Å². The minimum Gasteiger partial charge on any atom is -0.327 e. The maximum Gasteiger partial charge on any atom is 0.391 e. The van der Waals surface area contributed by atoms with Crippen LogP contribution in [0.3, 0.4) is 0 Å². The van der Waals surface area contributed by atoms with E-state index in [-0.39, 0.29) is 30.6 Å². The minimum atomic E-state index is -4.12. The van der Waals surface area contributed by atoms with E-state index < -0.39 is 12.1 Å². The molecule has 0 spiro atoms. The normalized spacial score (nSPS) is 25.4. The van der Waals surface area contributed by atoms with Crippen LogP contribution in [0.25, 0.3) is 0 Å². The molecule has 0 aromatic heterocycles. The Morgan fingerprint density at radius 2 is 1.80 bits per heavy atom. The highest BCUT2D eigenvalue weighted by atomic mass is 19.4. The lowest BCUT2D eigenvalue weighted by molar-refractivity contribution is -0.186. The van der Waals surface area contributed by atoms with Crippen LogP contribution in [-0.4, -0.2) is 12.2 Å². The molecule has 2 N–H and O–H groups in total. The first kappa shape index (κ1) is 15.3. The molecule has 3 unspecified atom stereocenters. The van der Waals surface area contributed by atoms with Crippen LogP contribution in [-0.2, 0) is 6.42 Å². The second kappa shape index (κ2) is 6.12. The molecule has 0 amide bonds. The highest BCUT2D eigenvalue weighted by Gasteiger charge is 2.43. The van der Waals surface area contributed by atoms with Crippen molar-refractivity contribution in [2.45, 2.75) is 44.3 Å². The Morgan fingerprint density at radius 1 is 1.15 bits per heavy atom. The summed E-state index contributed by atoms with van der Waals surface area (Å²) < 4.78 is 51.1. The van der Waals surface area contributed by atoms with E-state index in [2.05, 4.69) is 0 Å². The van der Waals surface area contributed by atoms with Crippen molar-refractivity contribution < 1.29 is 17.6 Å². The summed E-state index contributed by atoms with van der Waals surface area (Å²) in [6.07, 6.45) is -1.97. The summed E-state index contributed by atoms with van der Waals surface area (Å²) in [6.45, 7) is 0. The molecule has 0 aliphatic heterocycles. The maximum atomic E-state index is 12.8. The first-order valence-electron chi connectivity index (χ1n) is 6.93. The van der Waals surface area contributed by atoms with Crippen molar-refractivity contribution in [2.75, 3.05) is 0 Å². The monoisotopic (exact) mass is 289 g/mol. The van der Waals surface area contributed by atoms with Gasteiger partial charge in [-0.05, 0) is 49.3 Å². The van der Waals surface area contributed by atoms with Gasteiger partial charge in [0, 0.05) is 6.04 Å². The van der Waals surface area contributed by atoms with E-state index >= 15 is 0 Å². The standard InChI is InChI=1S/C15H19F4N/c16-13-6-4-10(5-7-13)8-14(20)11-2-1-3-12(9-11)15(17,18)19/h4-7,11-12,14H,1-3,8-9,20H2. The van der Waals surface area contributed by atoms with Crippen LogP contribution < -0.4 is 5.73 Å². The Labute approximate surface area is 116 Å². The lowest BCUT2D eigenvalue weighted by Crippen LogP contribution is -2.38. The fraction of sp³-hybridized carbons (Fsp3) is 0.600. The van der Waals surface area contributed by atoms with Gasteiger partial charge in [-0.3, -0.25) is 0 Å². The summed E-state index contributed by atoms with van der Waals surface area (Å²) in [6, 6.07) is 5.67. The van der Waals surface area contributed by atoms with E-state index in [0.29, 0.717) is 12.8 Å². The maximum absolute atomic E-state index is 12.8. The molecular formula is C15H19F4N. The number of nitrogens with two attached hydrogens (primary N) is 1. The van der Waals surface area contributed by atoms with E-state index in [0.717, 1.165) is 12.0 Å². The van der Waals surface area contributed by atoms with Crippen molar-refractivity contribution in [2.24, 2.45) is 17.6 Å². The Bertz CT molecular complexity index is 426. The molecule has 2 rings (SSSR count). The van der Waals surface area contributed by atoms with Gasteiger partial charge in [0.2, 0.25) is 0 Å². The number of alkyl halides is 3. The van der Waals surface area contributed by atoms with Crippen LogP contribution in [0.1, 0.15) is 31.2 Å². The SMILES string of the molecule is NC(Cc1ccc(F)cc1)C1CCCC(C(F)(F)F)C1. The van der Waals surface area contributed by atoms with Crippen molar-refractivity contribution in [1.29, 1.82) is 0 Å². The number of hydrogen-bond acceptors (Lipinski definition) is 1. The van der Waals surface area contributed by atoms with Gasteiger partial charge in [-0.25, -0.2) is 4.39 Å². The van der Waals surface area contributed by atoms with E-state index in [1.807, 2.05) is 0 Å². The average Bonchev–Trinajstić information content (AvgIpc) is 2.40. The summed E-state index contributed by atoms with van der Waals surface area (Å²) in [5.74, 6) is -1.65. The summed E-state index contributed by atoms with van der Waals surface area (Å²) in [5.41, 5.74) is 6.93. The molecule has 0 bridgehead atoms. The summed E-state index contributed by atoms with van der Waals surface area (Å²) in [4.78, 5) is 0. The van der Waals surface area contributed by atoms with Crippen LogP contribution in [0.4, 0.5) is 17.6 Å². The predicted molar refractivity (Wildman–Crippen MR) is 69.6 cm³/mol. The van der Waals surface area contributed by atoms with Crippen molar-refractivity contribution in [1.82, 2.24) is 0 Å². The lowest BCUT2D eigenvalue weighted by atomic mass is 9.76. The largest absolute Gasteiger partial charge is 0.391 e. The van der Waals surface area contributed by atoms with Gasteiger partial charge in [-0.2, -0.15) is 13.2 Å². The van der Waals surface area contributed by atoms with Gasteiger partial charge < -0.3 is 5.73 Å². The molecule has 112 valence electrons. The zero-order valence-corrected chi connectivity index (χ0v) is 11.2. The Kier molecular flexibility index (Phi) is 4.68. The van der Waals surface area contributed by atoms with Crippen LogP contribution in [0.5, 0.6) is 0 Å². The van der Waals surface area contributed by atoms with Gasteiger partial charge in [0.05, 0.1) is 5.92 Å². The molecular weight excluding hydrogens is 270 g/mol. The van der Waals surface area contributed by atoms with Gasteiger partial charge in [-0.15, -0.1) is 0 Å². The van der Waals surface area contributed by atoms with E-state index in [1.54, 1.807) is 12.1 Å². The summed E-state index contributed by atoms with van der Waals surface area (Å²) >= 11 is 0. The van der Waals surface area contributed by atoms with Crippen molar-refractivity contribution in [3.63, 3.8) is 0 Å². The van der Waals surface area contributed by atoms with E-state index in [9.17, 15) is 17.6 Å². The first-order valence-corrected chi connectivity index (χ1v) is 6.93. The molecule has 1 aromatic carbocycles. The van der Waals surface area contributed by atoms with Crippen molar-refractivity contribution in [3.8, 4) is 0 Å². The molecule has 1 aliphatic rings. The molecule has 5 heteroatoms. The molecule has 1 fully saturated rings. The number of hydrogen-bond donors (Lipinski definition) is 1. The minimum absolute atomic E-state index is 0.111. The van der Waals surface area contributed by atoms with Crippen molar-refractivity contribution >= 4 is 0 Å². The zero-order valence-electron chi connectivity index (χ0n) is 11.2. The summed E-state index contributed by atoms with van der Waals surface area (Å²) in [7, 11) is 0. The molecule has 0 radical (unpaired) electrons. The van der Waals surface area contributed by atoms with E-state index in [4.69, 9.17) is 5.73 Å². The van der Waals surface area contributed by atoms with Gasteiger partial charge >= 0.3 is 6.18 Å². The fourth-order valence-corrected chi connectivity index (χ4v) is 2.97. The third-order valence-electron chi connectivity index (χ3n) is 4.17. The second-order valence-corrected chi connectivity index (χ2v) is 5.66. The molecule has 1 nitrogen and oxygen atoms in total. The second-order valence-electron chi connectivity index (χ2n) is 5.66. The van der Waals surface area contributed by atoms with Gasteiger partial charge in [-0.1, -0.05) is 18.6 Å². The first-order chi connectivity index (χ1) is 9.36. The molecule has 1 aliphatic carbocycles. The Morgan fingerprint density at radius 3 is 2.40 bits per heavy atom. The Hall–Kier alpha value is -1.10. The lowest BCUT2D eigenvalue weighted by Gasteiger charge is -2.33. The average molecular weight is 289 g/mol. The zero-order chi connectivity index (χ0) is 14.8. The highest BCUT2D eigenvalue weighted by Crippen LogP contribution is 2.40. The van der Waals surface area contributed by atoms with Crippen LogP contribution in [0.15, 0.2) is 24.3 Å². The fourth-order valence-electron chi connectivity index (χ4n) is 2.97. The summed E-state index contributed by atoms with van der Waals surface area (Å²) in [5, 5.41) is 0. The number of halogens is 4. The Balaban J connectivity index is 1.95. The number of benzene rings is 1. The molecule has 1 saturated carbocycles. The third kappa shape index (κ3) is 3.95. The third-order valence-corrected chi connectivity index (χ3v) is 4.17. The molecule has 20 heavy (non-hydrogen) atoms. The number of rotatable bonds is 3. The van der Waals surface area contributed by atoms with Gasteiger partial charge in [0.1, 0.15) is 5.82 Å². The molecule has 0 heterocycles. The molecule has 1 aromatic rings. The smallest absolute Gasteiger partial charge is 0.327 e. The van der Waals surface area contributed by atoms with E-state index in [1.165, 1.54) is 12.1 Å². The predicted octanol–water partition coefficient (Wildman–Crippen LogP) is 4.06. The van der Waals surface area contributed by atoms with Crippen LogP contribution in [0, 0.1) is 17.7 Å². The highest BCUT2D eigenvalue weighted by molar-refractivity contribution is 5.17. The molecule has 0 saturated heterocycles. The molecule has 3 atom stereocenters. The topological polar surface area (TPSA) is 26.0 Å². The van der Waals surface area contributed by atoms with Crippen LogP contribution in [0.2, 0.25) is 0 Å². The van der Waals surface area contributed by atoms with Crippen LogP contribution >= 0.6 is 0 Å². The van der Waals surface area contributed by atoms with Crippen molar-refractivity contribution in [3.05, 3.63) is 35.6 Å². The quantitative estimate of drug-likeness (QED) is 0.834.